The summed E-state index contributed by atoms with van der Waals surface area (Å²) in [5.41, 5.74) is 1.13. The molecule has 13 heteroatoms. The molecule has 6 nitrogen and oxygen atoms in total. The summed E-state index contributed by atoms with van der Waals surface area (Å²) in [4.78, 5) is 4.34. The van der Waals surface area contributed by atoms with Crippen molar-refractivity contribution < 1.29 is 31.3 Å². The van der Waals surface area contributed by atoms with Crippen LogP contribution in [0, 0.1) is 11.8 Å². The van der Waals surface area contributed by atoms with E-state index in [4.69, 9.17) is 4.74 Å². The Balaban J connectivity index is 1.35. The van der Waals surface area contributed by atoms with Gasteiger partial charge in [0.1, 0.15) is 19.1 Å². The van der Waals surface area contributed by atoms with Gasteiger partial charge < -0.3 is 29.7 Å². The third kappa shape index (κ3) is 8.17. The van der Waals surface area contributed by atoms with Crippen LogP contribution in [0.15, 0.2) is 36.4 Å². The minimum Gasteiger partial charge on any atom is -0.461 e. The van der Waals surface area contributed by atoms with Crippen LogP contribution >= 0.6 is 18.5 Å². The van der Waals surface area contributed by atoms with Crippen LogP contribution < -0.4 is 20.7 Å². The third-order valence-corrected chi connectivity index (χ3v) is 13.3. The first-order valence-corrected chi connectivity index (χ1v) is 18.3. The lowest BCUT2D eigenvalue weighted by atomic mass is 10.0. The topological polar surface area (TPSA) is 56.8 Å². The van der Waals surface area contributed by atoms with Crippen LogP contribution in [0.3, 0.4) is 0 Å². The van der Waals surface area contributed by atoms with Crippen molar-refractivity contribution in [2.24, 2.45) is 0 Å². The first kappa shape index (κ1) is 34.5. The predicted octanol–water partition coefficient (Wildman–Crippen LogP) is 6.94. The Morgan fingerprint density at radius 1 is 1.13 bits per heavy atom. The largest absolute Gasteiger partial charge is 0.461 e. The molecule has 3 aromatic rings. The highest BCUT2D eigenvalue weighted by molar-refractivity contribution is 7.71. The second kappa shape index (κ2) is 14.5. The summed E-state index contributed by atoms with van der Waals surface area (Å²) in [6.07, 6.45) is -3.33. The van der Waals surface area contributed by atoms with E-state index in [1.807, 2.05) is 26.0 Å². The number of hydrogen-bond acceptors (Lipinski definition) is 7. The smallest absolute Gasteiger partial charge is 0.393 e. The Morgan fingerprint density at radius 2 is 1.89 bits per heavy atom. The summed E-state index contributed by atoms with van der Waals surface area (Å²) in [5.74, 6) is 6.03. The Hall–Kier alpha value is -2.84. The standard InChI is InChI=1S/C33H40F5N4O2PS/c1-41(2)22-12-16-45(43,17-13-22)23-9-10-28(30(18-23)44-21-34)39-14-5-8-31-25(19-33(36,37)38)24-6-4-7-29(32(24)46-31)40-27-11-15-42(3)20-26(27)35/h4,6-7,9-10,18,22,26-27,39-40H,11-17,19-21H2,1-3H3/t22?,26-,27?,45?/m0/s1. The highest BCUT2D eigenvalue weighted by Crippen LogP contribution is 2.50. The first-order valence-electron chi connectivity index (χ1n) is 15.4. The van der Waals surface area contributed by atoms with Crippen LogP contribution in [0.25, 0.3) is 10.1 Å². The van der Waals surface area contributed by atoms with Gasteiger partial charge in [-0.1, -0.05) is 24.0 Å². The van der Waals surface area contributed by atoms with E-state index in [0.717, 1.165) is 30.7 Å². The lowest BCUT2D eigenvalue weighted by Crippen LogP contribution is -2.46. The molecule has 2 fully saturated rings. The van der Waals surface area contributed by atoms with Gasteiger partial charge in [-0.05, 0) is 75.6 Å². The molecule has 2 aromatic carbocycles. The molecule has 0 bridgehead atoms. The molecule has 2 N–H and O–H groups in total. The van der Waals surface area contributed by atoms with Crippen LogP contribution in [0.1, 0.15) is 29.7 Å². The molecule has 250 valence electrons. The van der Waals surface area contributed by atoms with Crippen LogP contribution in [-0.2, 0) is 11.0 Å². The number of likely N-dealkylation sites (tertiary alicyclic amines) is 1. The molecule has 1 unspecified atom stereocenters. The minimum absolute atomic E-state index is 0.0497. The van der Waals surface area contributed by atoms with E-state index in [0.29, 0.717) is 58.1 Å². The van der Waals surface area contributed by atoms with E-state index in [-0.39, 0.29) is 22.7 Å². The maximum absolute atomic E-state index is 14.8. The van der Waals surface area contributed by atoms with Gasteiger partial charge in [-0.2, -0.15) is 13.2 Å². The molecule has 0 saturated carbocycles. The molecule has 3 heterocycles. The number of anilines is 2. The summed E-state index contributed by atoms with van der Waals surface area (Å²) in [6.45, 7) is -0.0120. The lowest BCUT2D eigenvalue weighted by Gasteiger charge is -2.33. The van der Waals surface area contributed by atoms with Gasteiger partial charge in [0.15, 0.2) is 0 Å². The van der Waals surface area contributed by atoms with Crippen LogP contribution in [0.5, 0.6) is 5.75 Å². The molecule has 0 amide bonds. The normalized spacial score (nSPS) is 24.1. The highest BCUT2D eigenvalue weighted by Gasteiger charge is 2.34. The fourth-order valence-electron chi connectivity index (χ4n) is 6.28. The monoisotopic (exact) mass is 682 g/mol. The number of nitrogens with zero attached hydrogens (tertiary/aromatic N) is 2. The van der Waals surface area contributed by atoms with Gasteiger partial charge in [0, 0.05) is 36.8 Å². The maximum Gasteiger partial charge on any atom is 0.393 e. The van der Waals surface area contributed by atoms with Crippen molar-refractivity contribution in [1.29, 1.82) is 0 Å². The molecule has 2 aliphatic rings. The van der Waals surface area contributed by atoms with Crippen LogP contribution in [-0.4, -0.2) is 94.2 Å². The number of piperidine rings is 1. The van der Waals surface area contributed by atoms with Crippen molar-refractivity contribution in [3.63, 3.8) is 0 Å². The van der Waals surface area contributed by atoms with Gasteiger partial charge in [0.05, 0.1) is 40.0 Å². The number of fused-ring (bicyclic) bond motifs is 1. The summed E-state index contributed by atoms with van der Waals surface area (Å²) >= 11 is 1.15. The average Bonchev–Trinajstić information content (AvgIpc) is 3.34. The molecule has 5 rings (SSSR count). The summed E-state index contributed by atoms with van der Waals surface area (Å²) in [5, 5.41) is 7.40. The molecule has 46 heavy (non-hydrogen) atoms. The fraction of sp³-hybridized carbons (Fsp3) is 0.515. The van der Waals surface area contributed by atoms with Gasteiger partial charge in [-0.15, -0.1) is 11.3 Å². The Bertz CT molecular complexity index is 1620. The minimum atomic E-state index is -4.45. The van der Waals surface area contributed by atoms with Gasteiger partial charge in [-0.3, -0.25) is 0 Å². The second-order valence-electron chi connectivity index (χ2n) is 12.3. The van der Waals surface area contributed by atoms with E-state index < -0.39 is 38.8 Å². The van der Waals surface area contributed by atoms with Gasteiger partial charge in [0.25, 0.3) is 0 Å². The molecule has 2 atom stereocenters. The molecule has 0 spiro atoms. The van der Waals surface area contributed by atoms with Gasteiger partial charge in [-0.25, -0.2) is 8.78 Å². The van der Waals surface area contributed by atoms with Crippen molar-refractivity contribution in [1.82, 2.24) is 9.80 Å². The number of thiophene rings is 1. The van der Waals surface area contributed by atoms with E-state index in [1.165, 1.54) is 0 Å². The molecule has 0 radical (unpaired) electrons. The zero-order chi connectivity index (χ0) is 33.1. The second-order valence-corrected chi connectivity index (χ2v) is 16.5. The van der Waals surface area contributed by atoms with Gasteiger partial charge >= 0.3 is 6.18 Å². The molecule has 2 aliphatic heterocycles. The van der Waals surface area contributed by atoms with E-state index in [1.54, 1.807) is 36.4 Å². The van der Waals surface area contributed by atoms with Crippen molar-refractivity contribution >= 4 is 45.2 Å². The number of nitrogens with one attached hydrogen (secondary N) is 2. The SMILES string of the molecule is CN1CCC(Nc2cccc3c(CC(F)(F)F)c(C#CCNc4ccc(P5(=O)CCC(N(C)C)CC5)cc4OCF)sc23)[C@@H](F)C1. The zero-order valence-corrected chi connectivity index (χ0v) is 27.9. The Kier molecular flexibility index (Phi) is 10.9. The number of hydrogen-bond donors (Lipinski definition) is 2. The zero-order valence-electron chi connectivity index (χ0n) is 26.2. The predicted molar refractivity (Wildman–Crippen MR) is 178 cm³/mol. The first-order chi connectivity index (χ1) is 21.9. The maximum atomic E-state index is 14.8. The Labute approximate surface area is 271 Å². The average molecular weight is 683 g/mol. The Morgan fingerprint density at radius 3 is 2.57 bits per heavy atom. The number of alkyl halides is 5. The quantitative estimate of drug-likeness (QED) is 0.145. The number of rotatable bonds is 9. The van der Waals surface area contributed by atoms with E-state index in [9.17, 15) is 26.5 Å². The summed E-state index contributed by atoms with van der Waals surface area (Å²) < 4.78 is 88.7. The van der Waals surface area contributed by atoms with Crippen molar-refractivity contribution in [2.45, 2.75) is 50.1 Å². The lowest BCUT2D eigenvalue weighted by molar-refractivity contribution is -0.126. The van der Waals surface area contributed by atoms with Crippen LogP contribution in [0.2, 0.25) is 0 Å². The molecular formula is C33H40F5N4O2PS. The van der Waals surface area contributed by atoms with E-state index >= 15 is 0 Å². The molecule has 0 aliphatic carbocycles. The number of benzene rings is 2. The molecule has 2 saturated heterocycles. The number of ether oxygens (including phenoxy) is 1. The highest BCUT2D eigenvalue weighted by atomic mass is 32.1. The molecular weight excluding hydrogens is 642 g/mol. The van der Waals surface area contributed by atoms with Crippen molar-refractivity contribution in [2.75, 3.05) is 70.6 Å². The summed E-state index contributed by atoms with van der Waals surface area (Å²) in [6, 6.07) is 10.1. The summed E-state index contributed by atoms with van der Waals surface area (Å²) in [7, 11) is 3.24. The van der Waals surface area contributed by atoms with Crippen molar-refractivity contribution in [3.05, 3.63) is 46.8 Å². The van der Waals surface area contributed by atoms with E-state index in [2.05, 4.69) is 27.4 Å². The fourth-order valence-corrected chi connectivity index (χ4v) is 10.3. The van der Waals surface area contributed by atoms with Crippen LogP contribution in [0.4, 0.5) is 33.3 Å². The third-order valence-electron chi connectivity index (χ3n) is 8.87. The molecule has 1 aromatic heterocycles. The number of halogens is 5. The van der Waals surface area contributed by atoms with Gasteiger partial charge in [0.2, 0.25) is 6.86 Å². The van der Waals surface area contributed by atoms with Crippen molar-refractivity contribution in [3.8, 4) is 17.6 Å².